The molecule has 0 radical (unpaired) electrons. The summed E-state index contributed by atoms with van der Waals surface area (Å²) in [5, 5.41) is 0. The van der Waals surface area contributed by atoms with Crippen molar-refractivity contribution < 1.29 is 0 Å². The smallest absolute Gasteiger partial charge is 0.0945 e. The topological polar surface area (TPSA) is 17.8 Å². The third-order valence-corrected chi connectivity index (χ3v) is 7.94. The van der Waals surface area contributed by atoms with Crippen molar-refractivity contribution in [2.45, 2.75) is 75.3 Å². The zero-order chi connectivity index (χ0) is 14.8. The first-order chi connectivity index (χ1) is 10.3. The highest BCUT2D eigenvalue weighted by molar-refractivity contribution is 8.21. The maximum absolute atomic E-state index is 4.15. The van der Waals surface area contributed by atoms with Crippen LogP contribution in [0.25, 0.3) is 0 Å². The second-order valence-electron chi connectivity index (χ2n) is 6.03. The van der Waals surface area contributed by atoms with Gasteiger partial charge in [-0.05, 0) is 12.8 Å². The van der Waals surface area contributed by atoms with Gasteiger partial charge in [0, 0.05) is 30.4 Å². The molecule has 128 valence electrons. The van der Waals surface area contributed by atoms with Gasteiger partial charge in [-0.2, -0.15) is 0 Å². The molecule has 1 fully saturated rings. The molecule has 0 amide bonds. The van der Waals surface area contributed by atoms with Gasteiger partial charge < -0.3 is 4.57 Å². The Morgan fingerprint density at radius 1 is 1.00 bits per heavy atom. The summed E-state index contributed by atoms with van der Waals surface area (Å²) in [7, 11) is 0. The lowest BCUT2D eigenvalue weighted by atomic mass is 10.1. The van der Waals surface area contributed by atoms with Crippen LogP contribution in [0.3, 0.4) is 0 Å². The number of unbranched alkanes of at least 4 members (excludes halogenated alkanes) is 6. The van der Waals surface area contributed by atoms with Crippen molar-refractivity contribution in [2.24, 2.45) is 0 Å². The highest BCUT2D eigenvalue weighted by Gasteiger charge is 2.34. The van der Waals surface area contributed by atoms with Crippen molar-refractivity contribution in [1.29, 1.82) is 0 Å². The summed E-state index contributed by atoms with van der Waals surface area (Å²) in [4.78, 5) is 4.15. The zero-order valence-corrected chi connectivity index (χ0v) is 16.3. The molecule has 0 aromatic carbocycles. The van der Waals surface area contributed by atoms with Crippen LogP contribution in [0.5, 0.6) is 0 Å². The standard InChI is InChI=1S/C17H30N2S2.ClH/c1-2-3-4-5-6-7-8-9-17(20-14-15-21-17)10-12-19-13-11-18-16-19;/h11,13,16H,2-10,12,14-15H2,1H3;1H. The average Bonchev–Trinajstić information content (AvgIpc) is 3.16. The number of nitrogens with zero attached hydrogens (tertiary/aromatic N) is 2. The van der Waals surface area contributed by atoms with Gasteiger partial charge in [-0.3, -0.25) is 0 Å². The number of aryl methyl sites for hydroxylation is 1. The molecule has 1 aliphatic rings. The fraction of sp³-hybridized carbons (Fsp3) is 0.824. The van der Waals surface area contributed by atoms with Gasteiger partial charge in [0.15, 0.2) is 0 Å². The third-order valence-electron chi connectivity index (χ3n) is 4.28. The maximum atomic E-state index is 4.15. The van der Waals surface area contributed by atoms with Crippen LogP contribution in [0.2, 0.25) is 0 Å². The number of imidazole rings is 1. The largest absolute Gasteiger partial charge is 0.337 e. The van der Waals surface area contributed by atoms with Crippen LogP contribution < -0.4 is 0 Å². The summed E-state index contributed by atoms with van der Waals surface area (Å²) in [6, 6.07) is 0. The molecule has 5 heteroatoms. The molecule has 0 saturated carbocycles. The van der Waals surface area contributed by atoms with Crippen LogP contribution in [0.4, 0.5) is 0 Å². The highest BCUT2D eigenvalue weighted by Crippen LogP contribution is 2.50. The number of hydrogen-bond acceptors (Lipinski definition) is 3. The van der Waals surface area contributed by atoms with Gasteiger partial charge in [0.25, 0.3) is 0 Å². The van der Waals surface area contributed by atoms with Crippen molar-refractivity contribution in [3.05, 3.63) is 18.7 Å². The molecule has 0 atom stereocenters. The van der Waals surface area contributed by atoms with Crippen molar-refractivity contribution >= 4 is 35.9 Å². The summed E-state index contributed by atoms with van der Waals surface area (Å²) >= 11 is 4.43. The van der Waals surface area contributed by atoms with E-state index in [1.807, 2.05) is 12.5 Å². The van der Waals surface area contributed by atoms with Crippen LogP contribution in [0.15, 0.2) is 18.7 Å². The Bertz CT molecular complexity index is 365. The quantitative estimate of drug-likeness (QED) is 0.449. The first-order valence-electron chi connectivity index (χ1n) is 8.58. The minimum absolute atomic E-state index is 0. The molecule has 0 unspecified atom stereocenters. The van der Waals surface area contributed by atoms with Gasteiger partial charge in [-0.25, -0.2) is 4.98 Å². The van der Waals surface area contributed by atoms with E-state index in [2.05, 4.69) is 46.2 Å². The van der Waals surface area contributed by atoms with Crippen molar-refractivity contribution in [3.63, 3.8) is 0 Å². The molecule has 2 nitrogen and oxygen atoms in total. The van der Waals surface area contributed by atoms with E-state index >= 15 is 0 Å². The van der Waals surface area contributed by atoms with E-state index in [1.54, 1.807) is 0 Å². The van der Waals surface area contributed by atoms with Crippen LogP contribution in [0, 0.1) is 0 Å². The Hall–Kier alpha value is 0.200. The van der Waals surface area contributed by atoms with E-state index in [-0.39, 0.29) is 12.4 Å². The summed E-state index contributed by atoms with van der Waals surface area (Å²) in [5.74, 6) is 2.68. The predicted molar refractivity (Wildman–Crippen MR) is 104 cm³/mol. The normalized spacial score (nSPS) is 16.6. The Kier molecular flexibility index (Phi) is 10.8. The summed E-state index contributed by atoms with van der Waals surface area (Å²) in [6.45, 7) is 3.41. The van der Waals surface area contributed by atoms with Crippen molar-refractivity contribution in [3.8, 4) is 0 Å². The Morgan fingerprint density at radius 3 is 2.32 bits per heavy atom. The first-order valence-corrected chi connectivity index (χ1v) is 10.6. The van der Waals surface area contributed by atoms with E-state index in [1.165, 1.54) is 69.3 Å². The summed E-state index contributed by atoms with van der Waals surface area (Å²) < 4.78 is 2.72. The van der Waals surface area contributed by atoms with E-state index in [9.17, 15) is 0 Å². The van der Waals surface area contributed by atoms with Crippen LogP contribution in [0.1, 0.15) is 64.7 Å². The second kappa shape index (κ2) is 11.7. The molecule has 22 heavy (non-hydrogen) atoms. The van der Waals surface area contributed by atoms with E-state index in [0.717, 1.165) is 6.54 Å². The lowest BCUT2D eigenvalue weighted by Gasteiger charge is -2.27. The van der Waals surface area contributed by atoms with E-state index in [0.29, 0.717) is 4.08 Å². The lowest BCUT2D eigenvalue weighted by Crippen LogP contribution is -2.19. The molecular formula is C17H31ClN2S2. The molecule has 1 aromatic rings. The average molecular weight is 363 g/mol. The fourth-order valence-corrected chi connectivity index (χ4v) is 6.27. The number of hydrogen-bond donors (Lipinski definition) is 0. The molecule has 0 bridgehead atoms. The van der Waals surface area contributed by atoms with Gasteiger partial charge in [0.2, 0.25) is 0 Å². The minimum Gasteiger partial charge on any atom is -0.337 e. The Labute approximate surface area is 151 Å². The zero-order valence-electron chi connectivity index (χ0n) is 13.8. The van der Waals surface area contributed by atoms with Crippen LogP contribution in [-0.4, -0.2) is 25.1 Å². The number of thioether (sulfide) groups is 2. The molecule has 2 rings (SSSR count). The Balaban J connectivity index is 0.00000242. The number of halogens is 1. The fourth-order valence-electron chi connectivity index (χ4n) is 2.98. The Morgan fingerprint density at radius 2 is 1.68 bits per heavy atom. The van der Waals surface area contributed by atoms with Crippen LogP contribution >= 0.6 is 35.9 Å². The predicted octanol–water partition coefficient (Wildman–Crippen LogP) is 6.01. The molecule has 0 N–H and O–H groups in total. The first kappa shape index (κ1) is 20.2. The van der Waals surface area contributed by atoms with Gasteiger partial charge in [-0.1, -0.05) is 51.9 Å². The highest BCUT2D eigenvalue weighted by atomic mass is 35.5. The van der Waals surface area contributed by atoms with E-state index in [4.69, 9.17) is 0 Å². The molecule has 0 aliphatic carbocycles. The van der Waals surface area contributed by atoms with Crippen molar-refractivity contribution in [2.75, 3.05) is 11.5 Å². The third kappa shape index (κ3) is 7.18. The number of aromatic nitrogens is 2. The molecule has 1 saturated heterocycles. The SMILES string of the molecule is CCCCCCCCCC1(CCn2ccnc2)SCCS1.Cl. The molecule has 2 heterocycles. The lowest BCUT2D eigenvalue weighted by molar-refractivity contribution is 0.526. The van der Waals surface area contributed by atoms with Gasteiger partial charge in [0.05, 0.1) is 10.4 Å². The monoisotopic (exact) mass is 362 g/mol. The van der Waals surface area contributed by atoms with Gasteiger partial charge in [0.1, 0.15) is 0 Å². The van der Waals surface area contributed by atoms with Crippen molar-refractivity contribution in [1.82, 2.24) is 9.55 Å². The summed E-state index contributed by atoms with van der Waals surface area (Å²) in [6.07, 6.45) is 18.5. The maximum Gasteiger partial charge on any atom is 0.0945 e. The molecule has 1 aromatic heterocycles. The van der Waals surface area contributed by atoms with Gasteiger partial charge in [-0.15, -0.1) is 35.9 Å². The second-order valence-corrected chi connectivity index (χ2v) is 9.24. The summed E-state index contributed by atoms with van der Waals surface area (Å²) in [5.41, 5.74) is 0. The minimum atomic E-state index is 0. The number of rotatable bonds is 11. The van der Waals surface area contributed by atoms with Gasteiger partial charge >= 0.3 is 0 Å². The molecule has 0 spiro atoms. The van der Waals surface area contributed by atoms with Crippen LogP contribution in [-0.2, 0) is 6.54 Å². The molecular weight excluding hydrogens is 332 g/mol. The van der Waals surface area contributed by atoms with E-state index < -0.39 is 0 Å². The molecule has 1 aliphatic heterocycles.